The first-order valence-corrected chi connectivity index (χ1v) is 42.9. The highest BCUT2D eigenvalue weighted by molar-refractivity contribution is 7.88. The number of halogens is 2. The molecule has 8 fully saturated rings. The highest BCUT2D eigenvalue weighted by Crippen LogP contribution is 2.42. The van der Waals surface area contributed by atoms with Crippen LogP contribution in [0.4, 0.5) is 32.9 Å². The van der Waals surface area contributed by atoms with Crippen LogP contribution in [0.15, 0.2) is 73.8 Å². The van der Waals surface area contributed by atoms with Gasteiger partial charge < -0.3 is 29.1 Å². The van der Waals surface area contributed by atoms with Crippen LogP contribution in [0, 0.1) is 79.1 Å². The van der Waals surface area contributed by atoms with Crippen molar-refractivity contribution in [2.75, 3.05) is 98.1 Å². The second-order valence-electron chi connectivity index (χ2n) is 32.8. The van der Waals surface area contributed by atoms with Crippen molar-refractivity contribution in [1.82, 2.24) is 66.5 Å². The highest BCUT2D eigenvalue weighted by Gasteiger charge is 2.49. The van der Waals surface area contributed by atoms with E-state index in [2.05, 4.69) is 168 Å². The molecule has 8 saturated heterocycles. The summed E-state index contributed by atoms with van der Waals surface area (Å²) in [5, 5.41) is 14.7. The molecule has 608 valence electrons. The van der Waals surface area contributed by atoms with Gasteiger partial charge >= 0.3 is 32.6 Å². The minimum Gasteiger partial charge on any atom is -0.443 e. The Hall–Kier alpha value is -7.88. The van der Waals surface area contributed by atoms with Crippen molar-refractivity contribution < 1.29 is 52.7 Å². The molecule has 16 rings (SSSR count). The molecule has 8 aliphatic rings. The SMILES string of the molecule is Cc1cc2ncnc(N3CC4CC(C3)N(S(=O)(=O)NC(=O)OC(C)(C)C)C4)c2cc1C.Cc1cc2ncnc(N3CC4CC(C3)N(S(N)(=O)=O)C4)c2cc1C.Cc1cc2ncnc(N3CC4CC3CN(S(=O)(=O)NC(=O)OC(C)(C)C)C4)c2cc1C.Cc1cc2ncnc(N3CC4CC3CN(S(N)(=O)=O)C4)c2cc1C.Cl.Cl. The molecule has 0 saturated carbocycles. The number of nitrogens with two attached hydrogens (primary N) is 2. The van der Waals surface area contributed by atoms with Crippen LogP contribution >= 0.6 is 24.8 Å². The number of carbonyl (C=O) groups is 2. The lowest BCUT2D eigenvalue weighted by molar-refractivity contribution is 0.0553. The predicted molar refractivity (Wildman–Crippen MR) is 437 cm³/mol. The quantitative estimate of drug-likeness (QED) is 0.101. The summed E-state index contributed by atoms with van der Waals surface area (Å²) in [7, 11) is -15.3. The Morgan fingerprint density at radius 2 is 0.670 bits per heavy atom. The predicted octanol–water partition coefficient (Wildman–Crippen LogP) is 7.82. The Morgan fingerprint density at radius 3 is 1.04 bits per heavy atom. The van der Waals surface area contributed by atoms with E-state index in [9.17, 15) is 43.3 Å². The van der Waals surface area contributed by atoms with Gasteiger partial charge in [0.1, 0.15) is 59.8 Å². The number of carbonyl (C=O) groups excluding carboxylic acids is 2. The fourth-order valence-electron chi connectivity index (χ4n) is 16.6. The van der Waals surface area contributed by atoms with Crippen molar-refractivity contribution in [3.05, 3.63) is 118 Å². The molecule has 4 aromatic carbocycles. The number of piperidine rings is 4. The summed E-state index contributed by atoms with van der Waals surface area (Å²) in [6, 6.07) is 16.5. The fraction of sp³-hybridized carbons (Fsp3) is 0.541. The monoisotopic (exact) mass is 1660 g/mol. The lowest BCUT2D eigenvalue weighted by atomic mass is 9.99. The van der Waals surface area contributed by atoms with Gasteiger partial charge in [0.2, 0.25) is 0 Å². The topological polar surface area (TPSA) is 394 Å². The van der Waals surface area contributed by atoms with Gasteiger partial charge in [-0.1, -0.05) is 0 Å². The van der Waals surface area contributed by atoms with E-state index < -0.39 is 64.2 Å². The number of aromatic nitrogens is 8. The van der Waals surface area contributed by atoms with E-state index in [4.69, 9.17) is 19.8 Å². The number of benzene rings is 4. The molecule has 32 nitrogen and oxygen atoms in total. The van der Waals surface area contributed by atoms with Crippen molar-refractivity contribution in [3.63, 3.8) is 0 Å². The molecule has 8 aromatic rings. The maximum atomic E-state index is 12.9. The minimum atomic E-state index is -4.00. The molecule has 0 radical (unpaired) electrons. The molecule has 2 amide bonds. The summed E-state index contributed by atoms with van der Waals surface area (Å²) >= 11 is 0. The highest BCUT2D eigenvalue weighted by atomic mass is 35.5. The Labute approximate surface area is 668 Å². The number of nitrogens with one attached hydrogen (secondary N) is 2. The van der Waals surface area contributed by atoms with Crippen molar-refractivity contribution >= 4 is 145 Å². The number of aryl methyl sites for hydroxylation is 8. The number of ether oxygens (including phenoxy) is 2. The number of anilines is 4. The van der Waals surface area contributed by atoms with Gasteiger partial charge in [0.05, 0.1) is 22.1 Å². The summed E-state index contributed by atoms with van der Waals surface area (Å²) < 4.78 is 118. The van der Waals surface area contributed by atoms with E-state index in [0.29, 0.717) is 70.7 Å². The van der Waals surface area contributed by atoms with E-state index >= 15 is 0 Å². The summed E-state index contributed by atoms with van der Waals surface area (Å²) in [6.07, 6.45) is 7.85. The van der Waals surface area contributed by atoms with Crippen LogP contribution in [0.3, 0.4) is 0 Å². The van der Waals surface area contributed by atoms with Crippen LogP contribution in [0.2, 0.25) is 0 Å². The molecule has 8 aliphatic heterocycles. The molecule has 6 N–H and O–H groups in total. The van der Waals surface area contributed by atoms with Gasteiger partial charge in [0, 0.05) is 124 Å². The van der Waals surface area contributed by atoms with Crippen LogP contribution in [0.5, 0.6) is 0 Å². The Morgan fingerprint density at radius 1 is 0.366 bits per heavy atom. The van der Waals surface area contributed by atoms with Crippen molar-refractivity contribution in [2.45, 2.75) is 158 Å². The van der Waals surface area contributed by atoms with Gasteiger partial charge in [-0.3, -0.25) is 0 Å². The van der Waals surface area contributed by atoms with Crippen LogP contribution in [-0.2, 0) is 50.3 Å². The molecular weight excluding hydrogens is 1560 g/mol. The summed E-state index contributed by atoms with van der Waals surface area (Å²) in [5.74, 6) is 4.33. The Kier molecular flexibility index (Phi) is 24.6. The van der Waals surface area contributed by atoms with Crippen LogP contribution in [0.25, 0.3) is 43.6 Å². The molecule has 8 bridgehead atoms. The second kappa shape index (κ2) is 32.4. The standard InChI is InChI=1S/2C21H29N5O4S.2C16H21N5O2S.2ClH/c1-13-6-17-18(7-14(13)2)22-12-23-19(17)26-10-15-8-16(26)11-25(9-15)31(28,29)24-20(27)30-21(3,4)5;1-13-6-17-18(7-14(13)2)22-12-23-19(17)25-9-15-8-16(11-25)26(10-15)31(28,29)24-20(27)30-21(3,4)5;1-10-3-14-15(4-11(10)2)18-9-19-16(14)21-7-12-5-13(21)8-20(6-12)24(17,22)23;1-10-3-14-15(4-11(10)2)18-9-19-16(14)20-6-12-5-13(8-20)21(7-12)24(17,22)23;;/h2*6-7,12,15-16H,8-11H2,1-5H3,(H,24,27);2*3-4,9,12-13H,5-8H2,1-2H3,(H2,17,22,23);2*1H. The zero-order valence-electron chi connectivity index (χ0n) is 65.5. The third-order valence-electron chi connectivity index (χ3n) is 22.1. The summed E-state index contributed by atoms with van der Waals surface area (Å²) in [4.78, 5) is 68.5. The fourth-order valence-corrected chi connectivity index (χ4v) is 20.9. The molecule has 0 aliphatic carbocycles. The molecular formula is C74H102Cl2N20O12S4. The van der Waals surface area contributed by atoms with Crippen molar-refractivity contribution in [3.8, 4) is 0 Å². The first-order valence-electron chi connectivity index (χ1n) is 37.0. The first-order chi connectivity index (χ1) is 51.5. The van der Waals surface area contributed by atoms with E-state index in [1.807, 2.05) is 4.72 Å². The Bertz CT molecular complexity index is 5410. The second-order valence-corrected chi connectivity index (χ2v) is 39.2. The summed E-state index contributed by atoms with van der Waals surface area (Å²) in [6.45, 7) is 33.2. The maximum Gasteiger partial charge on any atom is 0.422 e. The number of rotatable bonds is 10. The first kappa shape index (κ1) is 85.0. The normalized spacial score (nSPS) is 22.8. The molecule has 12 heterocycles. The smallest absolute Gasteiger partial charge is 0.422 e. The number of amides is 2. The minimum absolute atomic E-state index is 0. The van der Waals surface area contributed by atoms with Crippen LogP contribution < -0.4 is 39.3 Å². The van der Waals surface area contributed by atoms with Crippen LogP contribution in [0.1, 0.15) is 112 Å². The number of hydrogen-bond acceptors (Lipinski definition) is 24. The van der Waals surface area contributed by atoms with Gasteiger partial charge in [-0.25, -0.2) is 69.2 Å². The van der Waals surface area contributed by atoms with Gasteiger partial charge in [0.25, 0.3) is 20.4 Å². The van der Waals surface area contributed by atoms with Gasteiger partial charge in [0.15, 0.2) is 0 Å². The van der Waals surface area contributed by atoms with E-state index in [0.717, 1.165) is 117 Å². The van der Waals surface area contributed by atoms with Crippen LogP contribution in [-0.4, -0.2) is 217 Å². The molecule has 8 atom stereocenters. The summed E-state index contributed by atoms with van der Waals surface area (Å²) in [5.41, 5.74) is 11.5. The van der Waals surface area contributed by atoms with E-state index in [1.54, 1.807) is 66.9 Å². The van der Waals surface area contributed by atoms with Gasteiger partial charge in [-0.2, -0.15) is 50.9 Å². The largest absolute Gasteiger partial charge is 0.443 e. The average Bonchev–Trinajstić information content (AvgIpc) is 1.60. The van der Waals surface area contributed by atoms with E-state index in [1.165, 1.54) is 50.6 Å². The van der Waals surface area contributed by atoms with Gasteiger partial charge in [-0.05, 0) is 239 Å². The Balaban J connectivity index is 0.000000148. The zero-order chi connectivity index (χ0) is 79.2. The maximum absolute atomic E-state index is 12.9. The third-order valence-corrected chi connectivity index (χ3v) is 27.1. The molecule has 0 spiro atoms. The molecule has 4 aromatic heterocycles. The number of hydrogen-bond donors (Lipinski definition) is 4. The lowest BCUT2D eigenvalue weighted by Crippen LogP contribution is -2.51. The van der Waals surface area contributed by atoms with Crippen molar-refractivity contribution in [1.29, 1.82) is 0 Å². The third kappa shape index (κ3) is 18.7. The molecule has 8 unspecified atom stereocenters. The number of fused-ring (bicyclic) bond motifs is 12. The molecule has 112 heavy (non-hydrogen) atoms. The lowest BCUT2D eigenvalue weighted by Gasteiger charge is -2.34. The average molecular weight is 1660 g/mol. The number of nitrogens with zero attached hydrogens (tertiary/aromatic N) is 16. The van der Waals surface area contributed by atoms with E-state index in [-0.39, 0.29) is 67.4 Å². The zero-order valence-corrected chi connectivity index (χ0v) is 70.4. The van der Waals surface area contributed by atoms with Gasteiger partial charge in [-0.15, -0.1) is 24.8 Å². The van der Waals surface area contributed by atoms with Crippen molar-refractivity contribution in [2.24, 2.45) is 33.9 Å². The molecule has 38 heteroatoms.